The van der Waals surface area contributed by atoms with E-state index < -0.39 is 0 Å². The van der Waals surface area contributed by atoms with Crippen LogP contribution in [0.2, 0.25) is 0 Å². The van der Waals surface area contributed by atoms with Crippen molar-refractivity contribution in [2.24, 2.45) is 0 Å². The average molecular weight is 151 g/mol. The fraction of sp³-hybridized carbons (Fsp3) is 0.375. The molecule has 4 N–H and O–H groups in total. The highest BCUT2D eigenvalue weighted by Gasteiger charge is 1.96. The van der Waals surface area contributed by atoms with E-state index in [9.17, 15) is 0 Å². The van der Waals surface area contributed by atoms with Crippen molar-refractivity contribution in [1.82, 2.24) is 4.98 Å². The molecule has 3 nitrogen and oxygen atoms in total. The van der Waals surface area contributed by atoms with Gasteiger partial charge in [0, 0.05) is 6.20 Å². The molecule has 0 fully saturated rings. The van der Waals surface area contributed by atoms with Gasteiger partial charge >= 0.3 is 0 Å². The van der Waals surface area contributed by atoms with Gasteiger partial charge in [-0.15, -0.1) is 0 Å². The first-order valence-electron chi connectivity index (χ1n) is 3.74. The molecule has 11 heavy (non-hydrogen) atoms. The Morgan fingerprint density at radius 1 is 1.45 bits per heavy atom. The maximum Gasteiger partial charge on any atom is 0.146 e. The molecule has 0 radical (unpaired) electrons. The summed E-state index contributed by atoms with van der Waals surface area (Å²) in [4.78, 5) is 3.95. The van der Waals surface area contributed by atoms with Crippen molar-refractivity contribution in [3.63, 3.8) is 0 Å². The quantitative estimate of drug-likeness (QED) is 0.667. The van der Waals surface area contributed by atoms with E-state index in [1.807, 2.05) is 6.07 Å². The van der Waals surface area contributed by atoms with Crippen molar-refractivity contribution < 1.29 is 0 Å². The molecule has 0 aliphatic carbocycles. The molecule has 0 amide bonds. The fourth-order valence-electron chi connectivity index (χ4n) is 0.963. The minimum Gasteiger partial charge on any atom is -0.396 e. The summed E-state index contributed by atoms with van der Waals surface area (Å²) >= 11 is 0. The lowest BCUT2D eigenvalue weighted by molar-refractivity contribution is 0.915. The number of hydrogen-bond donors (Lipinski definition) is 2. The van der Waals surface area contributed by atoms with E-state index in [2.05, 4.69) is 11.9 Å². The van der Waals surface area contributed by atoms with E-state index in [0.29, 0.717) is 11.5 Å². The summed E-state index contributed by atoms with van der Waals surface area (Å²) in [6, 6.07) is 1.88. The number of rotatable bonds is 2. The summed E-state index contributed by atoms with van der Waals surface area (Å²) in [6.45, 7) is 2.12. The Kier molecular flexibility index (Phi) is 2.31. The Morgan fingerprint density at radius 3 is 2.73 bits per heavy atom. The van der Waals surface area contributed by atoms with Crippen LogP contribution in [-0.2, 0) is 6.42 Å². The van der Waals surface area contributed by atoms with Crippen LogP contribution in [0.5, 0.6) is 0 Å². The smallest absolute Gasteiger partial charge is 0.146 e. The van der Waals surface area contributed by atoms with Crippen molar-refractivity contribution in [2.45, 2.75) is 19.8 Å². The van der Waals surface area contributed by atoms with Crippen molar-refractivity contribution >= 4 is 11.5 Å². The van der Waals surface area contributed by atoms with E-state index in [1.165, 1.54) is 0 Å². The Balaban J connectivity index is 2.86. The van der Waals surface area contributed by atoms with Crippen LogP contribution in [0.1, 0.15) is 18.9 Å². The number of nitrogen functional groups attached to an aromatic ring is 2. The van der Waals surface area contributed by atoms with Crippen molar-refractivity contribution in [1.29, 1.82) is 0 Å². The highest BCUT2D eigenvalue weighted by molar-refractivity contribution is 5.58. The first kappa shape index (κ1) is 7.85. The second-order valence-electron chi connectivity index (χ2n) is 2.57. The van der Waals surface area contributed by atoms with Crippen LogP contribution in [-0.4, -0.2) is 4.98 Å². The molecule has 1 aromatic rings. The van der Waals surface area contributed by atoms with E-state index in [1.54, 1.807) is 6.20 Å². The maximum absolute atomic E-state index is 5.56. The van der Waals surface area contributed by atoms with E-state index >= 15 is 0 Å². The second kappa shape index (κ2) is 3.23. The molecule has 0 unspecified atom stereocenters. The van der Waals surface area contributed by atoms with Gasteiger partial charge in [0.2, 0.25) is 0 Å². The Hall–Kier alpha value is -1.25. The van der Waals surface area contributed by atoms with Crippen LogP contribution in [0, 0.1) is 0 Å². The molecule has 0 spiro atoms. The highest BCUT2D eigenvalue weighted by Crippen LogP contribution is 2.13. The molecule has 0 saturated carbocycles. The van der Waals surface area contributed by atoms with Crippen LogP contribution in [0.15, 0.2) is 12.3 Å². The second-order valence-corrected chi connectivity index (χ2v) is 2.57. The zero-order chi connectivity index (χ0) is 8.27. The molecule has 1 heterocycles. The molecule has 1 aromatic heterocycles. The van der Waals surface area contributed by atoms with E-state index in [-0.39, 0.29) is 0 Å². The number of aryl methyl sites for hydroxylation is 1. The van der Waals surface area contributed by atoms with Crippen LogP contribution in [0.4, 0.5) is 11.5 Å². The Morgan fingerprint density at radius 2 is 2.18 bits per heavy atom. The predicted molar refractivity (Wildman–Crippen MR) is 47.1 cm³/mol. The number of aromatic nitrogens is 1. The maximum atomic E-state index is 5.56. The third-order valence-corrected chi connectivity index (χ3v) is 1.54. The minimum absolute atomic E-state index is 0.421. The van der Waals surface area contributed by atoms with Gasteiger partial charge in [0.1, 0.15) is 5.82 Å². The summed E-state index contributed by atoms with van der Waals surface area (Å²) in [6.07, 6.45) is 3.89. The topological polar surface area (TPSA) is 64.9 Å². The van der Waals surface area contributed by atoms with Crippen LogP contribution in [0.25, 0.3) is 0 Å². The van der Waals surface area contributed by atoms with Gasteiger partial charge < -0.3 is 11.5 Å². The molecule has 0 aliphatic rings. The number of nitrogens with two attached hydrogens (primary N) is 2. The zero-order valence-electron chi connectivity index (χ0n) is 6.67. The molecule has 60 valence electrons. The van der Waals surface area contributed by atoms with Gasteiger partial charge in [0.15, 0.2) is 0 Å². The Labute approximate surface area is 66.4 Å². The highest BCUT2D eigenvalue weighted by atomic mass is 14.9. The van der Waals surface area contributed by atoms with Crippen molar-refractivity contribution in [3.05, 3.63) is 17.8 Å². The largest absolute Gasteiger partial charge is 0.396 e. The zero-order valence-corrected chi connectivity index (χ0v) is 6.67. The lowest BCUT2D eigenvalue weighted by atomic mass is 10.1. The van der Waals surface area contributed by atoms with Gasteiger partial charge in [-0.25, -0.2) is 4.98 Å². The van der Waals surface area contributed by atoms with Gasteiger partial charge in [0.25, 0.3) is 0 Å². The van der Waals surface area contributed by atoms with Gasteiger partial charge in [-0.05, 0) is 18.1 Å². The standard InChI is InChI=1S/C8H13N3/c1-2-3-6-4-7(9)8(10)11-5-6/h4-5H,2-3,9H2,1H3,(H2,10,11). The summed E-state index contributed by atoms with van der Waals surface area (Å²) < 4.78 is 0. The molecule has 0 aromatic carbocycles. The van der Waals surface area contributed by atoms with Crippen LogP contribution in [0.3, 0.4) is 0 Å². The average Bonchev–Trinajstić information content (AvgIpc) is 1.98. The minimum atomic E-state index is 0.421. The molecule has 0 bridgehead atoms. The molecule has 1 rings (SSSR count). The monoisotopic (exact) mass is 151 g/mol. The van der Waals surface area contributed by atoms with E-state index in [4.69, 9.17) is 11.5 Å². The summed E-state index contributed by atoms with van der Waals surface area (Å²) in [5.41, 5.74) is 12.7. The lowest BCUT2D eigenvalue weighted by Crippen LogP contribution is -1.98. The third kappa shape index (κ3) is 1.83. The summed E-state index contributed by atoms with van der Waals surface area (Å²) in [5.74, 6) is 0.421. The van der Waals surface area contributed by atoms with Crippen molar-refractivity contribution in [2.75, 3.05) is 11.5 Å². The summed E-state index contributed by atoms with van der Waals surface area (Å²) in [5, 5.41) is 0. The summed E-state index contributed by atoms with van der Waals surface area (Å²) in [7, 11) is 0. The van der Waals surface area contributed by atoms with Gasteiger partial charge in [0.05, 0.1) is 5.69 Å². The number of nitrogens with zero attached hydrogens (tertiary/aromatic N) is 1. The predicted octanol–water partition coefficient (Wildman–Crippen LogP) is 1.20. The molecular formula is C8H13N3. The van der Waals surface area contributed by atoms with Gasteiger partial charge in [-0.2, -0.15) is 0 Å². The number of pyridine rings is 1. The molecular weight excluding hydrogens is 138 g/mol. The first-order chi connectivity index (χ1) is 5.24. The van der Waals surface area contributed by atoms with Crippen LogP contribution >= 0.6 is 0 Å². The SMILES string of the molecule is CCCc1cnc(N)c(N)c1. The normalized spacial score (nSPS) is 9.91. The van der Waals surface area contributed by atoms with E-state index in [0.717, 1.165) is 18.4 Å². The number of anilines is 2. The molecule has 0 atom stereocenters. The van der Waals surface area contributed by atoms with Crippen LogP contribution < -0.4 is 11.5 Å². The first-order valence-corrected chi connectivity index (χ1v) is 3.74. The van der Waals surface area contributed by atoms with Gasteiger partial charge in [-0.3, -0.25) is 0 Å². The van der Waals surface area contributed by atoms with Crippen molar-refractivity contribution in [3.8, 4) is 0 Å². The third-order valence-electron chi connectivity index (χ3n) is 1.54. The number of hydrogen-bond acceptors (Lipinski definition) is 3. The molecule has 3 heteroatoms. The lowest BCUT2D eigenvalue weighted by Gasteiger charge is -2.01. The molecule has 0 saturated heterocycles. The Bertz CT molecular complexity index is 245. The van der Waals surface area contributed by atoms with Gasteiger partial charge in [-0.1, -0.05) is 13.3 Å². The molecule has 0 aliphatic heterocycles. The fourth-order valence-corrected chi connectivity index (χ4v) is 0.963.